The third-order valence-corrected chi connectivity index (χ3v) is 7.10. The van der Waals surface area contributed by atoms with Gasteiger partial charge in [0.1, 0.15) is 5.01 Å². The van der Waals surface area contributed by atoms with Gasteiger partial charge in [0.25, 0.3) is 0 Å². The third-order valence-electron chi connectivity index (χ3n) is 5.10. The predicted molar refractivity (Wildman–Crippen MR) is 134 cm³/mol. The molecule has 0 amide bonds. The molecule has 0 N–H and O–H groups in total. The molecule has 0 saturated heterocycles. The molecule has 0 fully saturated rings. The second kappa shape index (κ2) is 8.86. The maximum Gasteiger partial charge on any atom is 0.125 e. The molecule has 0 radical (unpaired) electrons. The van der Waals surface area contributed by atoms with E-state index in [1.54, 1.807) is 11.3 Å². The highest BCUT2D eigenvalue weighted by atomic mass is 32.2. The molecule has 3 heteroatoms. The van der Waals surface area contributed by atoms with E-state index in [1.165, 1.54) is 32.2 Å². The molecule has 5 rings (SSSR count). The Balaban J connectivity index is 1.44. The minimum absolute atomic E-state index is 0.967. The Hall–Kier alpha value is -2.88. The number of nitrogens with zero attached hydrogens (tertiary/aromatic N) is 1. The van der Waals surface area contributed by atoms with Crippen molar-refractivity contribution < 1.29 is 0 Å². The van der Waals surface area contributed by atoms with Crippen LogP contribution in [0.3, 0.4) is 0 Å². The van der Waals surface area contributed by atoms with Crippen molar-refractivity contribution >= 4 is 50.2 Å². The van der Waals surface area contributed by atoms with Gasteiger partial charge in [-0.25, -0.2) is 4.98 Å². The minimum atomic E-state index is 0.967. The lowest BCUT2D eigenvalue weighted by Gasteiger charge is -2.11. The van der Waals surface area contributed by atoms with Crippen LogP contribution in [0.5, 0.6) is 0 Å². The van der Waals surface area contributed by atoms with Gasteiger partial charge in [-0.2, -0.15) is 11.8 Å². The summed E-state index contributed by atoms with van der Waals surface area (Å²) in [4.78, 5) is 4.97. The normalized spacial score (nSPS) is 11.6. The van der Waals surface area contributed by atoms with Crippen LogP contribution < -0.4 is 0 Å². The van der Waals surface area contributed by atoms with Gasteiger partial charge in [-0.05, 0) is 34.0 Å². The summed E-state index contributed by atoms with van der Waals surface area (Å²) in [5.74, 6) is 1.95. The van der Waals surface area contributed by atoms with Crippen LogP contribution in [0.15, 0.2) is 97.1 Å². The molecule has 1 heterocycles. The fourth-order valence-corrected chi connectivity index (χ4v) is 5.52. The van der Waals surface area contributed by atoms with Gasteiger partial charge in [0.2, 0.25) is 0 Å². The molecule has 1 aromatic heterocycles. The number of hydrogen-bond donors (Lipinski definition) is 0. The maximum absolute atomic E-state index is 4.97. The van der Waals surface area contributed by atoms with Crippen LogP contribution in [0.25, 0.3) is 37.6 Å². The molecule has 0 aliphatic carbocycles. The van der Waals surface area contributed by atoms with Crippen molar-refractivity contribution in [1.29, 1.82) is 0 Å². The van der Waals surface area contributed by atoms with Gasteiger partial charge < -0.3 is 0 Å². The number of benzene rings is 4. The summed E-state index contributed by atoms with van der Waals surface area (Å²) in [5.41, 5.74) is 4.97. The van der Waals surface area contributed by atoms with E-state index in [9.17, 15) is 0 Å². The average Bonchev–Trinajstić information content (AvgIpc) is 3.23. The topological polar surface area (TPSA) is 12.9 Å². The fraction of sp³-hybridized carbons (Fsp3) is 0.0741. The van der Waals surface area contributed by atoms with E-state index in [-0.39, 0.29) is 0 Å². The molecule has 4 aromatic carbocycles. The first-order valence-electron chi connectivity index (χ1n) is 10.0. The quantitative estimate of drug-likeness (QED) is 0.256. The molecular weight excluding hydrogens is 402 g/mol. The van der Waals surface area contributed by atoms with Gasteiger partial charge in [-0.1, -0.05) is 91.0 Å². The lowest BCUT2D eigenvalue weighted by atomic mass is 10.00. The summed E-state index contributed by atoms with van der Waals surface area (Å²) in [7, 11) is 0. The summed E-state index contributed by atoms with van der Waals surface area (Å²) >= 11 is 3.73. The van der Waals surface area contributed by atoms with Crippen LogP contribution in [0.1, 0.15) is 11.1 Å². The van der Waals surface area contributed by atoms with E-state index in [2.05, 4.69) is 103 Å². The molecule has 0 aliphatic rings. The Bertz CT molecular complexity index is 1290. The van der Waals surface area contributed by atoms with Gasteiger partial charge in [0.15, 0.2) is 0 Å². The largest absolute Gasteiger partial charge is 0.236 e. The van der Waals surface area contributed by atoms with E-state index in [4.69, 9.17) is 4.98 Å². The van der Waals surface area contributed by atoms with Gasteiger partial charge in [0.05, 0.1) is 10.2 Å². The monoisotopic (exact) mass is 423 g/mol. The van der Waals surface area contributed by atoms with Gasteiger partial charge in [-0.3, -0.25) is 0 Å². The van der Waals surface area contributed by atoms with Crippen LogP contribution in [-0.4, -0.2) is 10.7 Å². The Morgan fingerprint density at radius 1 is 0.800 bits per heavy atom. The molecule has 0 bridgehead atoms. The smallest absolute Gasteiger partial charge is 0.125 e. The highest BCUT2D eigenvalue weighted by Crippen LogP contribution is 2.38. The van der Waals surface area contributed by atoms with Crippen molar-refractivity contribution in [3.63, 3.8) is 0 Å². The summed E-state index contributed by atoms with van der Waals surface area (Å²) in [6.45, 7) is 0. The highest BCUT2D eigenvalue weighted by Gasteiger charge is 2.14. The molecular formula is C27H21NS2. The molecule has 1 nitrogen and oxygen atoms in total. The van der Waals surface area contributed by atoms with Gasteiger partial charge >= 0.3 is 0 Å². The summed E-state index contributed by atoms with van der Waals surface area (Å²) in [5, 5.41) is 3.67. The third kappa shape index (κ3) is 4.04. The first-order valence-corrected chi connectivity index (χ1v) is 12.0. The number of fused-ring (bicyclic) bond motifs is 2. The van der Waals surface area contributed by atoms with Gasteiger partial charge in [-0.15, -0.1) is 11.3 Å². The van der Waals surface area contributed by atoms with Gasteiger partial charge in [0, 0.05) is 17.1 Å². The first kappa shape index (κ1) is 19.1. The lowest BCUT2D eigenvalue weighted by Crippen LogP contribution is -1.90. The van der Waals surface area contributed by atoms with Crippen molar-refractivity contribution in [3.8, 4) is 10.6 Å². The van der Waals surface area contributed by atoms with Crippen LogP contribution in [0, 0.1) is 0 Å². The number of thiazole rings is 1. The van der Waals surface area contributed by atoms with Crippen LogP contribution >= 0.6 is 23.1 Å². The Labute approximate surface area is 185 Å². The molecule has 0 spiro atoms. The lowest BCUT2D eigenvalue weighted by molar-refractivity contribution is 1.40. The Kier molecular flexibility index (Phi) is 5.65. The molecule has 0 atom stereocenters. The molecule has 0 unspecified atom stereocenters. The van der Waals surface area contributed by atoms with E-state index in [1.807, 2.05) is 11.8 Å². The van der Waals surface area contributed by atoms with E-state index >= 15 is 0 Å². The zero-order chi connectivity index (χ0) is 20.2. The maximum atomic E-state index is 4.97. The van der Waals surface area contributed by atoms with Crippen molar-refractivity contribution in [2.75, 3.05) is 5.75 Å². The molecule has 30 heavy (non-hydrogen) atoms. The summed E-state index contributed by atoms with van der Waals surface area (Å²) < 4.78 is 1.24. The second-order valence-corrected chi connectivity index (χ2v) is 9.20. The van der Waals surface area contributed by atoms with Crippen molar-refractivity contribution in [1.82, 2.24) is 4.98 Å². The Morgan fingerprint density at radius 2 is 1.60 bits per heavy atom. The molecule has 146 valence electrons. The fourth-order valence-electron chi connectivity index (χ4n) is 3.65. The highest BCUT2D eigenvalue weighted by molar-refractivity contribution is 7.98. The summed E-state index contributed by atoms with van der Waals surface area (Å²) in [6.07, 6.45) is 4.44. The van der Waals surface area contributed by atoms with Crippen LogP contribution in [0.4, 0.5) is 0 Å². The SMILES string of the molecule is C(=C\c1ccccc1)/CSCc1ccc2ccccc2c1-c1nc2ccccc2s1. The standard InChI is InChI=1S/C27H21NS2/c1-2-9-20(10-3-1)11-8-18-29-19-22-17-16-21-12-4-5-13-23(21)26(22)27-28-24-14-6-7-15-25(24)30-27/h1-17H,18-19H2/b11-8+. The molecule has 5 aromatic rings. The van der Waals surface area contributed by atoms with Crippen molar-refractivity contribution in [2.24, 2.45) is 0 Å². The van der Waals surface area contributed by atoms with Crippen LogP contribution in [0.2, 0.25) is 0 Å². The number of rotatable bonds is 6. The predicted octanol–water partition coefficient (Wildman–Crippen LogP) is 8.06. The zero-order valence-corrected chi connectivity index (χ0v) is 18.1. The number of hydrogen-bond acceptors (Lipinski definition) is 3. The molecule has 0 aliphatic heterocycles. The second-order valence-electron chi connectivity index (χ2n) is 7.14. The van der Waals surface area contributed by atoms with Crippen molar-refractivity contribution in [3.05, 3.63) is 108 Å². The Morgan fingerprint density at radius 3 is 2.50 bits per heavy atom. The van der Waals surface area contributed by atoms with E-state index < -0.39 is 0 Å². The van der Waals surface area contributed by atoms with E-state index in [0.29, 0.717) is 0 Å². The first-order chi connectivity index (χ1) is 14.9. The number of aromatic nitrogens is 1. The summed E-state index contributed by atoms with van der Waals surface area (Å²) in [6, 6.07) is 32.0. The zero-order valence-electron chi connectivity index (χ0n) is 16.5. The van der Waals surface area contributed by atoms with Crippen molar-refractivity contribution in [2.45, 2.75) is 5.75 Å². The van der Waals surface area contributed by atoms with E-state index in [0.717, 1.165) is 22.0 Å². The van der Waals surface area contributed by atoms with Crippen LogP contribution in [-0.2, 0) is 5.75 Å². The number of thioether (sulfide) groups is 1. The average molecular weight is 424 g/mol. The number of para-hydroxylation sites is 1. The molecule has 0 saturated carbocycles. The minimum Gasteiger partial charge on any atom is -0.236 e.